The molecule has 1 aromatic heterocycles. The number of esters is 1. The molecule has 1 unspecified atom stereocenters. The van der Waals surface area contributed by atoms with Crippen LogP contribution < -0.4 is 10.1 Å². The van der Waals surface area contributed by atoms with E-state index in [1.165, 1.54) is 4.90 Å². The Morgan fingerprint density at radius 1 is 1.00 bits per heavy atom. The molecule has 6 nitrogen and oxygen atoms in total. The van der Waals surface area contributed by atoms with Gasteiger partial charge in [-0.15, -0.1) is 11.8 Å². The van der Waals surface area contributed by atoms with Gasteiger partial charge in [-0.05, 0) is 91.7 Å². The highest BCUT2D eigenvalue weighted by Gasteiger charge is 2.25. The third-order valence-corrected chi connectivity index (χ3v) is 6.55. The normalized spacial score (nSPS) is 11.8. The van der Waals surface area contributed by atoms with Crippen molar-refractivity contribution in [2.24, 2.45) is 5.92 Å². The molecule has 0 fully saturated rings. The lowest BCUT2D eigenvalue weighted by atomic mass is 10.0. The van der Waals surface area contributed by atoms with E-state index in [9.17, 15) is 9.59 Å². The predicted octanol–water partition coefficient (Wildman–Crippen LogP) is 5.51. The third kappa shape index (κ3) is 6.69. The summed E-state index contributed by atoms with van der Waals surface area (Å²) in [6.07, 6.45) is 2.84. The summed E-state index contributed by atoms with van der Waals surface area (Å²) >= 11 is 1.70. The first-order valence-corrected chi connectivity index (χ1v) is 13.1. The summed E-state index contributed by atoms with van der Waals surface area (Å²) in [4.78, 5) is 26.2. The number of ether oxygens (including phenoxy) is 2. The van der Waals surface area contributed by atoms with Gasteiger partial charge in [0.1, 0.15) is 11.8 Å². The lowest BCUT2D eigenvalue weighted by Gasteiger charge is -2.20. The van der Waals surface area contributed by atoms with Crippen molar-refractivity contribution in [1.82, 2.24) is 9.88 Å². The number of amides is 1. The molecule has 186 valence electrons. The van der Waals surface area contributed by atoms with Crippen LogP contribution in [0.3, 0.4) is 0 Å². The Balaban J connectivity index is 1.86. The summed E-state index contributed by atoms with van der Waals surface area (Å²) in [6, 6.07) is 19.8. The first-order chi connectivity index (χ1) is 16.9. The molecule has 1 N–H and O–H groups in total. The molecule has 3 aromatic rings. The monoisotopic (exact) mass is 494 g/mol. The lowest BCUT2D eigenvalue weighted by Crippen LogP contribution is -2.45. The Labute approximate surface area is 212 Å². The molecular formula is C28H34N2O4S. The SMILES string of the molecule is CCOC(=O)C(NC(=O)CCc1ccc(-c2ccc(OC)cc2)n1-c1ccc(SC)cc1)C(C)C. The molecule has 0 aliphatic rings. The second kappa shape index (κ2) is 12.5. The predicted molar refractivity (Wildman–Crippen MR) is 141 cm³/mol. The smallest absolute Gasteiger partial charge is 0.328 e. The van der Waals surface area contributed by atoms with Crippen LogP contribution in [0.15, 0.2) is 65.6 Å². The van der Waals surface area contributed by atoms with Crippen molar-refractivity contribution in [2.45, 2.75) is 44.6 Å². The number of hydrogen-bond donors (Lipinski definition) is 1. The maximum Gasteiger partial charge on any atom is 0.328 e. The number of carbonyl (C=O) groups is 2. The Morgan fingerprint density at radius 3 is 2.26 bits per heavy atom. The van der Waals surface area contributed by atoms with Crippen molar-refractivity contribution in [3.05, 3.63) is 66.4 Å². The minimum atomic E-state index is -0.650. The quantitative estimate of drug-likeness (QED) is 0.281. The van der Waals surface area contributed by atoms with Gasteiger partial charge >= 0.3 is 5.97 Å². The van der Waals surface area contributed by atoms with Crippen LogP contribution in [-0.2, 0) is 20.7 Å². The van der Waals surface area contributed by atoms with Crippen molar-refractivity contribution in [1.29, 1.82) is 0 Å². The molecular weight excluding hydrogens is 460 g/mol. The molecule has 35 heavy (non-hydrogen) atoms. The summed E-state index contributed by atoms with van der Waals surface area (Å²) < 4.78 is 12.6. The highest BCUT2D eigenvalue weighted by atomic mass is 32.2. The first kappa shape index (κ1) is 26.4. The van der Waals surface area contributed by atoms with Crippen molar-refractivity contribution >= 4 is 23.6 Å². The average Bonchev–Trinajstić information content (AvgIpc) is 3.30. The van der Waals surface area contributed by atoms with Crippen LogP contribution in [0.25, 0.3) is 16.9 Å². The minimum Gasteiger partial charge on any atom is -0.497 e. The van der Waals surface area contributed by atoms with Crippen LogP contribution in [0.5, 0.6) is 5.75 Å². The van der Waals surface area contributed by atoms with Crippen LogP contribution in [0.1, 0.15) is 32.9 Å². The number of aromatic nitrogens is 1. The molecule has 1 atom stereocenters. The molecule has 0 saturated heterocycles. The zero-order chi connectivity index (χ0) is 25.4. The number of nitrogens with one attached hydrogen (secondary N) is 1. The van der Waals surface area contributed by atoms with Gasteiger partial charge in [0, 0.05) is 22.7 Å². The van der Waals surface area contributed by atoms with E-state index in [2.05, 4.69) is 52.5 Å². The number of nitrogens with zero attached hydrogens (tertiary/aromatic N) is 1. The van der Waals surface area contributed by atoms with Gasteiger partial charge in [-0.2, -0.15) is 0 Å². The molecule has 0 spiro atoms. The van der Waals surface area contributed by atoms with Gasteiger partial charge in [0.15, 0.2) is 0 Å². The maximum absolute atomic E-state index is 12.8. The molecule has 0 aliphatic carbocycles. The van der Waals surface area contributed by atoms with Crippen molar-refractivity contribution in [3.8, 4) is 22.7 Å². The third-order valence-electron chi connectivity index (χ3n) is 5.81. The Bertz CT molecular complexity index is 1120. The molecule has 0 saturated carbocycles. The fourth-order valence-corrected chi connectivity index (χ4v) is 4.32. The number of thioether (sulfide) groups is 1. The molecule has 0 aliphatic heterocycles. The molecule has 3 rings (SSSR count). The highest BCUT2D eigenvalue weighted by Crippen LogP contribution is 2.30. The standard InChI is InChI=1S/C28H34N2O4S/c1-6-34-28(32)27(19(2)3)29-26(31)18-12-22-11-17-25(20-7-13-23(33-4)14-8-20)30(22)21-9-15-24(35-5)16-10-21/h7-11,13-17,19,27H,6,12,18H2,1-5H3,(H,29,31). The number of aryl methyl sites for hydroxylation is 1. The van der Waals surface area contributed by atoms with E-state index in [4.69, 9.17) is 9.47 Å². The highest BCUT2D eigenvalue weighted by molar-refractivity contribution is 7.98. The zero-order valence-corrected chi connectivity index (χ0v) is 21.9. The minimum absolute atomic E-state index is 0.0570. The van der Waals surface area contributed by atoms with Gasteiger partial charge in [0.25, 0.3) is 0 Å². The number of methoxy groups -OCH3 is 1. The molecule has 1 amide bonds. The molecule has 0 bridgehead atoms. The second-order valence-electron chi connectivity index (χ2n) is 8.51. The molecule has 1 heterocycles. The van der Waals surface area contributed by atoms with Crippen LogP contribution in [0.4, 0.5) is 0 Å². The summed E-state index contributed by atoms with van der Waals surface area (Å²) in [6.45, 7) is 5.84. The fourth-order valence-electron chi connectivity index (χ4n) is 3.91. The van der Waals surface area contributed by atoms with E-state index in [1.807, 2.05) is 38.1 Å². The largest absolute Gasteiger partial charge is 0.497 e. The number of benzene rings is 2. The van der Waals surface area contributed by atoms with Crippen LogP contribution in [-0.4, -0.2) is 42.5 Å². The van der Waals surface area contributed by atoms with Gasteiger partial charge < -0.3 is 19.4 Å². The Hall–Kier alpha value is -3.19. The summed E-state index contributed by atoms with van der Waals surface area (Å²) in [5, 5.41) is 2.86. The van der Waals surface area contributed by atoms with Crippen molar-refractivity contribution < 1.29 is 19.1 Å². The van der Waals surface area contributed by atoms with Gasteiger partial charge in [0.2, 0.25) is 5.91 Å². The Morgan fingerprint density at radius 2 is 1.69 bits per heavy atom. The second-order valence-corrected chi connectivity index (χ2v) is 9.39. The Kier molecular flexibility index (Phi) is 9.43. The van der Waals surface area contributed by atoms with Gasteiger partial charge in [-0.25, -0.2) is 4.79 Å². The van der Waals surface area contributed by atoms with E-state index in [1.54, 1.807) is 25.8 Å². The van der Waals surface area contributed by atoms with E-state index >= 15 is 0 Å². The molecule has 2 aromatic carbocycles. The summed E-state index contributed by atoms with van der Waals surface area (Å²) in [7, 11) is 1.65. The topological polar surface area (TPSA) is 69.6 Å². The summed E-state index contributed by atoms with van der Waals surface area (Å²) in [5.74, 6) is 0.177. The van der Waals surface area contributed by atoms with Crippen LogP contribution in [0.2, 0.25) is 0 Å². The van der Waals surface area contributed by atoms with E-state index in [-0.39, 0.29) is 24.9 Å². The van der Waals surface area contributed by atoms with Crippen LogP contribution >= 0.6 is 11.8 Å². The number of hydrogen-bond acceptors (Lipinski definition) is 5. The first-order valence-electron chi connectivity index (χ1n) is 11.8. The van der Waals surface area contributed by atoms with E-state index in [0.717, 1.165) is 28.4 Å². The number of carbonyl (C=O) groups excluding carboxylic acids is 2. The fraction of sp³-hybridized carbons (Fsp3) is 0.357. The van der Waals surface area contributed by atoms with Crippen molar-refractivity contribution in [3.63, 3.8) is 0 Å². The average molecular weight is 495 g/mol. The van der Waals surface area contributed by atoms with E-state index < -0.39 is 12.0 Å². The van der Waals surface area contributed by atoms with Gasteiger partial charge in [-0.1, -0.05) is 13.8 Å². The lowest BCUT2D eigenvalue weighted by molar-refractivity contribution is -0.148. The maximum atomic E-state index is 12.8. The van der Waals surface area contributed by atoms with Crippen molar-refractivity contribution in [2.75, 3.05) is 20.0 Å². The number of rotatable bonds is 11. The molecule has 7 heteroatoms. The zero-order valence-electron chi connectivity index (χ0n) is 21.0. The van der Waals surface area contributed by atoms with Crippen LogP contribution in [0, 0.1) is 5.92 Å². The summed E-state index contributed by atoms with van der Waals surface area (Å²) in [5.41, 5.74) is 4.13. The van der Waals surface area contributed by atoms with Gasteiger partial charge in [-0.3, -0.25) is 4.79 Å². The molecule has 0 radical (unpaired) electrons. The van der Waals surface area contributed by atoms with Gasteiger partial charge in [0.05, 0.1) is 19.4 Å². The van der Waals surface area contributed by atoms with E-state index in [0.29, 0.717) is 6.42 Å².